The normalized spacial score (nSPS) is 11.8. The third-order valence-corrected chi connectivity index (χ3v) is 6.90. The molecule has 0 spiro atoms. The van der Waals surface area contributed by atoms with E-state index in [9.17, 15) is 18.4 Å². The molecule has 0 bridgehead atoms. The fraction of sp³-hybridized carbons (Fsp3) is 0.297. The Morgan fingerprint density at radius 3 is 1.91 bits per heavy atom. The zero-order valence-electron chi connectivity index (χ0n) is 25.9. The smallest absolute Gasteiger partial charge is 0.407 e. The summed E-state index contributed by atoms with van der Waals surface area (Å²) in [6.45, 7) is 6.16. The van der Waals surface area contributed by atoms with E-state index in [-0.39, 0.29) is 43.2 Å². The Morgan fingerprint density at radius 1 is 0.778 bits per heavy atom. The predicted molar refractivity (Wildman–Crippen MR) is 171 cm³/mol. The average Bonchev–Trinajstić information content (AvgIpc) is 3.01. The molecule has 0 saturated heterocycles. The second-order valence-electron chi connectivity index (χ2n) is 11.9. The van der Waals surface area contributed by atoms with Gasteiger partial charge in [0.1, 0.15) is 29.6 Å². The number of hydrogen-bond donors (Lipinski definition) is 1. The molecule has 0 aliphatic carbocycles. The molecule has 0 aliphatic heterocycles. The standard InChI is InChI=1S/C37H39F2NO5/c1-37(2,3)45-36(42)40-19-7-10-27(20-35(41)44-24-26-8-5-4-6-9-26)25-43-34-22-30(28-11-15-32(38)16-12-28)21-31(23-34)29-13-17-33(39)18-14-29/h4-6,8-9,11-18,21-23,27H,7,10,19-20,24-25H2,1-3H3,(H,40,42)/t27-/m0/s1. The van der Waals surface area contributed by atoms with Gasteiger partial charge in [0.2, 0.25) is 0 Å². The molecule has 0 heterocycles. The Balaban J connectivity index is 1.48. The topological polar surface area (TPSA) is 73.9 Å². The molecule has 1 atom stereocenters. The molecule has 4 aromatic carbocycles. The first-order valence-corrected chi connectivity index (χ1v) is 15.0. The van der Waals surface area contributed by atoms with E-state index >= 15 is 0 Å². The summed E-state index contributed by atoms with van der Waals surface area (Å²) in [5.74, 6) is -0.691. The first kappa shape index (κ1) is 33.2. The summed E-state index contributed by atoms with van der Waals surface area (Å²) in [6.07, 6.45) is 0.805. The number of amides is 1. The Hall–Kier alpha value is -4.72. The number of hydrogen-bond acceptors (Lipinski definition) is 5. The first-order valence-electron chi connectivity index (χ1n) is 15.0. The number of esters is 1. The third-order valence-electron chi connectivity index (χ3n) is 6.90. The summed E-state index contributed by atoms with van der Waals surface area (Å²) >= 11 is 0. The molecule has 0 saturated carbocycles. The molecule has 4 rings (SSSR count). The molecule has 0 radical (unpaired) electrons. The number of benzene rings is 4. The van der Waals surface area contributed by atoms with E-state index in [1.54, 1.807) is 45.0 Å². The molecule has 0 aromatic heterocycles. The largest absolute Gasteiger partial charge is 0.493 e. The highest BCUT2D eigenvalue weighted by atomic mass is 19.1. The zero-order chi connectivity index (χ0) is 32.2. The number of halogens is 2. The number of nitrogens with one attached hydrogen (secondary N) is 1. The van der Waals surface area contributed by atoms with Gasteiger partial charge in [-0.15, -0.1) is 0 Å². The quantitative estimate of drug-likeness (QED) is 0.120. The molecule has 45 heavy (non-hydrogen) atoms. The molecular formula is C37H39F2NO5. The maximum Gasteiger partial charge on any atom is 0.407 e. The van der Waals surface area contributed by atoms with Crippen LogP contribution in [-0.2, 0) is 20.9 Å². The van der Waals surface area contributed by atoms with E-state index in [0.717, 1.165) is 27.8 Å². The van der Waals surface area contributed by atoms with Crippen LogP contribution in [0.15, 0.2) is 97.1 Å². The van der Waals surface area contributed by atoms with Crippen molar-refractivity contribution in [2.24, 2.45) is 5.92 Å². The Morgan fingerprint density at radius 2 is 1.36 bits per heavy atom. The molecule has 6 nitrogen and oxygen atoms in total. The lowest BCUT2D eigenvalue weighted by Gasteiger charge is -2.20. The summed E-state index contributed by atoms with van der Waals surface area (Å²) in [5, 5.41) is 2.76. The van der Waals surface area contributed by atoms with E-state index < -0.39 is 11.7 Å². The van der Waals surface area contributed by atoms with Gasteiger partial charge >= 0.3 is 12.1 Å². The van der Waals surface area contributed by atoms with Crippen LogP contribution < -0.4 is 10.1 Å². The number of carbonyl (C=O) groups excluding carboxylic acids is 2. The molecule has 0 fully saturated rings. The summed E-state index contributed by atoms with van der Waals surface area (Å²) in [4.78, 5) is 24.9. The van der Waals surface area contributed by atoms with E-state index in [2.05, 4.69) is 5.32 Å². The van der Waals surface area contributed by atoms with Crippen LogP contribution in [0.25, 0.3) is 22.3 Å². The number of ether oxygens (including phenoxy) is 3. The van der Waals surface area contributed by atoms with Crippen molar-refractivity contribution in [3.63, 3.8) is 0 Å². The zero-order valence-corrected chi connectivity index (χ0v) is 25.9. The van der Waals surface area contributed by atoms with Crippen molar-refractivity contribution in [1.82, 2.24) is 5.32 Å². The van der Waals surface area contributed by atoms with E-state index in [4.69, 9.17) is 14.2 Å². The average molecular weight is 616 g/mol. The second-order valence-corrected chi connectivity index (χ2v) is 11.9. The van der Waals surface area contributed by atoms with Gasteiger partial charge in [-0.1, -0.05) is 54.6 Å². The van der Waals surface area contributed by atoms with Crippen molar-refractivity contribution in [3.8, 4) is 28.0 Å². The van der Waals surface area contributed by atoms with E-state index in [1.807, 2.05) is 48.5 Å². The van der Waals surface area contributed by atoms with Gasteiger partial charge < -0.3 is 19.5 Å². The minimum atomic E-state index is -0.599. The van der Waals surface area contributed by atoms with Crippen LogP contribution >= 0.6 is 0 Å². The van der Waals surface area contributed by atoms with Gasteiger partial charge in [0.25, 0.3) is 0 Å². The number of carbonyl (C=O) groups is 2. The SMILES string of the molecule is CC(C)(C)OC(=O)NCCC[C@H](COc1cc(-c2ccc(F)cc2)cc(-c2ccc(F)cc2)c1)CC(=O)OCc1ccccc1. The Bertz CT molecular complexity index is 1470. The predicted octanol–water partition coefficient (Wildman–Crippen LogP) is 8.73. The minimum absolute atomic E-state index is 0.127. The lowest BCUT2D eigenvalue weighted by atomic mass is 9.98. The highest BCUT2D eigenvalue weighted by Crippen LogP contribution is 2.32. The van der Waals surface area contributed by atoms with Crippen LogP contribution in [0.3, 0.4) is 0 Å². The van der Waals surface area contributed by atoms with Crippen LogP contribution in [0.5, 0.6) is 5.75 Å². The molecule has 0 aliphatic rings. The highest BCUT2D eigenvalue weighted by Gasteiger charge is 2.19. The van der Waals surface area contributed by atoms with Gasteiger partial charge in [-0.25, -0.2) is 13.6 Å². The van der Waals surface area contributed by atoms with Gasteiger partial charge in [0.05, 0.1) is 13.0 Å². The fourth-order valence-electron chi connectivity index (χ4n) is 4.69. The van der Waals surface area contributed by atoms with Gasteiger partial charge in [-0.3, -0.25) is 4.79 Å². The van der Waals surface area contributed by atoms with Crippen molar-refractivity contribution in [3.05, 3.63) is 114 Å². The fourth-order valence-corrected chi connectivity index (χ4v) is 4.69. The monoisotopic (exact) mass is 615 g/mol. The molecule has 236 valence electrons. The van der Waals surface area contributed by atoms with E-state index in [0.29, 0.717) is 25.1 Å². The Labute approximate surface area is 263 Å². The maximum atomic E-state index is 13.6. The lowest BCUT2D eigenvalue weighted by Crippen LogP contribution is -2.33. The molecular weight excluding hydrogens is 576 g/mol. The second kappa shape index (κ2) is 15.8. The van der Waals surface area contributed by atoms with Crippen LogP contribution in [0.1, 0.15) is 45.6 Å². The van der Waals surface area contributed by atoms with Crippen molar-refractivity contribution < 1.29 is 32.6 Å². The summed E-state index contributed by atoms with van der Waals surface area (Å²) < 4.78 is 44.4. The van der Waals surface area contributed by atoms with Gasteiger partial charge in [-0.2, -0.15) is 0 Å². The van der Waals surface area contributed by atoms with Crippen molar-refractivity contribution >= 4 is 12.1 Å². The summed E-state index contributed by atoms with van der Waals surface area (Å²) in [7, 11) is 0. The third kappa shape index (κ3) is 11.4. The van der Waals surface area contributed by atoms with Crippen LogP contribution in [0.4, 0.5) is 13.6 Å². The van der Waals surface area contributed by atoms with Crippen LogP contribution in [-0.4, -0.2) is 30.8 Å². The lowest BCUT2D eigenvalue weighted by molar-refractivity contribution is -0.146. The van der Waals surface area contributed by atoms with Crippen molar-refractivity contribution in [2.45, 2.75) is 52.2 Å². The highest BCUT2D eigenvalue weighted by molar-refractivity contribution is 5.75. The maximum absolute atomic E-state index is 13.6. The molecule has 1 N–H and O–H groups in total. The molecule has 8 heteroatoms. The van der Waals surface area contributed by atoms with Crippen molar-refractivity contribution in [2.75, 3.05) is 13.2 Å². The number of alkyl carbamates (subject to hydrolysis) is 1. The van der Waals surface area contributed by atoms with E-state index in [1.165, 1.54) is 24.3 Å². The summed E-state index contributed by atoms with van der Waals surface area (Å²) in [5.41, 5.74) is 3.47. The summed E-state index contributed by atoms with van der Waals surface area (Å²) in [6, 6.07) is 27.4. The number of rotatable bonds is 13. The van der Waals surface area contributed by atoms with Crippen LogP contribution in [0.2, 0.25) is 0 Å². The Kier molecular flexibility index (Phi) is 11.7. The van der Waals surface area contributed by atoms with Crippen LogP contribution in [0, 0.1) is 17.6 Å². The molecule has 4 aromatic rings. The van der Waals surface area contributed by atoms with Gasteiger partial charge in [0.15, 0.2) is 0 Å². The minimum Gasteiger partial charge on any atom is -0.493 e. The molecule has 1 amide bonds. The van der Waals surface area contributed by atoms with Crippen molar-refractivity contribution in [1.29, 1.82) is 0 Å². The molecule has 0 unspecified atom stereocenters. The van der Waals surface area contributed by atoms with Gasteiger partial charge in [0, 0.05) is 12.5 Å². The van der Waals surface area contributed by atoms with Gasteiger partial charge in [-0.05, 0) is 104 Å². The first-order chi connectivity index (χ1) is 21.5.